The minimum Gasteiger partial charge on any atom is -0.480 e. The average Bonchev–Trinajstić information content (AvgIpc) is 2.52. The summed E-state index contributed by atoms with van der Waals surface area (Å²) in [6, 6.07) is 6.50. The van der Waals surface area contributed by atoms with E-state index in [1.807, 2.05) is 6.07 Å². The number of rotatable bonds is 7. The van der Waals surface area contributed by atoms with E-state index in [1.54, 1.807) is 13.8 Å². The van der Waals surface area contributed by atoms with Crippen LogP contribution in [0.5, 0.6) is 0 Å². The maximum atomic E-state index is 12.1. The molecule has 23 heavy (non-hydrogen) atoms. The first kappa shape index (κ1) is 18.2. The fourth-order valence-corrected chi connectivity index (χ4v) is 1.97. The Hall–Kier alpha value is -2.88. The number of amides is 1. The van der Waals surface area contributed by atoms with Crippen LogP contribution in [0, 0.1) is 17.2 Å². The quantitative estimate of drug-likeness (QED) is 0.733. The number of hydrogen-bond donors (Lipinski definition) is 2. The first-order valence-corrected chi connectivity index (χ1v) is 7.08. The van der Waals surface area contributed by atoms with Gasteiger partial charge in [-0.2, -0.15) is 5.26 Å². The van der Waals surface area contributed by atoms with Gasteiger partial charge in [0.05, 0.1) is 24.7 Å². The third kappa shape index (κ3) is 5.43. The van der Waals surface area contributed by atoms with Gasteiger partial charge in [-0.05, 0) is 37.1 Å². The minimum absolute atomic E-state index is 0.113. The summed E-state index contributed by atoms with van der Waals surface area (Å²) < 4.78 is 4.78. The van der Waals surface area contributed by atoms with E-state index in [2.05, 4.69) is 5.32 Å². The zero-order chi connectivity index (χ0) is 17.4. The molecule has 0 saturated carbocycles. The molecule has 2 N–H and O–H groups in total. The van der Waals surface area contributed by atoms with E-state index >= 15 is 0 Å². The second kappa shape index (κ2) is 8.54. The molecule has 1 aromatic rings. The molecular formula is C16H18N2O5. The number of carbonyl (C=O) groups is 3. The lowest BCUT2D eigenvalue weighted by Crippen LogP contribution is -2.45. The summed E-state index contributed by atoms with van der Waals surface area (Å²) in [5.41, 5.74) is 0.630. The fraction of sp³-hybridized carbons (Fsp3) is 0.375. The second-order valence-electron chi connectivity index (χ2n) is 4.96. The van der Waals surface area contributed by atoms with Crippen LogP contribution < -0.4 is 5.32 Å². The van der Waals surface area contributed by atoms with Crippen molar-refractivity contribution in [2.24, 2.45) is 5.92 Å². The highest BCUT2D eigenvalue weighted by Gasteiger charge is 2.28. The zero-order valence-corrected chi connectivity index (χ0v) is 12.9. The van der Waals surface area contributed by atoms with E-state index in [1.165, 1.54) is 24.3 Å². The van der Waals surface area contributed by atoms with Crippen molar-refractivity contribution >= 4 is 17.8 Å². The Morgan fingerprint density at radius 3 is 2.39 bits per heavy atom. The lowest BCUT2D eigenvalue weighted by Gasteiger charge is -2.20. The van der Waals surface area contributed by atoms with Gasteiger partial charge in [0, 0.05) is 5.56 Å². The van der Waals surface area contributed by atoms with Gasteiger partial charge >= 0.3 is 11.9 Å². The van der Waals surface area contributed by atoms with Crippen molar-refractivity contribution in [3.8, 4) is 6.07 Å². The topological polar surface area (TPSA) is 116 Å². The van der Waals surface area contributed by atoms with Crippen LogP contribution in [0.3, 0.4) is 0 Å². The fourth-order valence-electron chi connectivity index (χ4n) is 1.97. The maximum absolute atomic E-state index is 12.1. The van der Waals surface area contributed by atoms with Crippen molar-refractivity contribution in [1.29, 1.82) is 5.26 Å². The number of aliphatic carboxylic acids is 1. The number of nitriles is 1. The van der Waals surface area contributed by atoms with Crippen LogP contribution in [-0.2, 0) is 14.3 Å². The molecule has 0 unspecified atom stereocenters. The first-order chi connectivity index (χ1) is 10.9. The summed E-state index contributed by atoms with van der Waals surface area (Å²) in [5, 5.41) is 20.4. The normalized spacial score (nSPS) is 12.6. The van der Waals surface area contributed by atoms with Gasteiger partial charge in [-0.15, -0.1) is 0 Å². The number of ether oxygens (including phenoxy) is 1. The summed E-state index contributed by atoms with van der Waals surface area (Å²) in [6.07, 6.45) is -0.113. The molecule has 1 aromatic carbocycles. The largest absolute Gasteiger partial charge is 0.480 e. The van der Waals surface area contributed by atoms with Crippen molar-refractivity contribution in [2.75, 3.05) is 6.61 Å². The highest BCUT2D eigenvalue weighted by atomic mass is 16.5. The predicted molar refractivity (Wildman–Crippen MR) is 80.5 cm³/mol. The second-order valence-corrected chi connectivity index (χ2v) is 4.96. The maximum Gasteiger partial charge on any atom is 0.326 e. The van der Waals surface area contributed by atoms with E-state index in [0.29, 0.717) is 5.56 Å². The van der Waals surface area contributed by atoms with Crippen LogP contribution in [0.25, 0.3) is 0 Å². The number of carboxylic acids is 1. The molecule has 0 heterocycles. The molecular weight excluding hydrogens is 300 g/mol. The SMILES string of the molecule is CCOC(=O)C[C@H](C)[C@@H](NC(=O)c1ccc(C#N)cc1)C(=O)O. The Morgan fingerprint density at radius 2 is 1.91 bits per heavy atom. The lowest BCUT2D eigenvalue weighted by molar-refractivity contribution is -0.145. The highest BCUT2D eigenvalue weighted by Crippen LogP contribution is 2.12. The molecule has 1 amide bonds. The van der Waals surface area contributed by atoms with E-state index in [4.69, 9.17) is 10.00 Å². The number of nitrogens with one attached hydrogen (secondary N) is 1. The van der Waals surface area contributed by atoms with Gasteiger partial charge in [0.15, 0.2) is 0 Å². The van der Waals surface area contributed by atoms with E-state index in [9.17, 15) is 19.5 Å². The molecule has 7 nitrogen and oxygen atoms in total. The number of carbonyl (C=O) groups excluding carboxylic acids is 2. The van der Waals surface area contributed by atoms with Crippen LogP contribution >= 0.6 is 0 Å². The Balaban J connectivity index is 2.78. The van der Waals surface area contributed by atoms with Crippen LogP contribution in [-0.4, -0.2) is 35.6 Å². The Morgan fingerprint density at radius 1 is 1.30 bits per heavy atom. The van der Waals surface area contributed by atoms with Gasteiger partial charge in [0.25, 0.3) is 5.91 Å². The van der Waals surface area contributed by atoms with Crippen molar-refractivity contribution in [1.82, 2.24) is 5.32 Å². The third-order valence-corrected chi connectivity index (χ3v) is 3.19. The molecule has 2 atom stereocenters. The Labute approximate surface area is 133 Å². The van der Waals surface area contributed by atoms with E-state index in [-0.39, 0.29) is 18.6 Å². The lowest BCUT2D eigenvalue weighted by atomic mass is 9.98. The third-order valence-electron chi connectivity index (χ3n) is 3.19. The number of carboxylic acid groups (broad SMARTS) is 1. The smallest absolute Gasteiger partial charge is 0.326 e. The van der Waals surface area contributed by atoms with Crippen LogP contribution in [0.15, 0.2) is 24.3 Å². The summed E-state index contributed by atoms with van der Waals surface area (Å²) in [6.45, 7) is 3.42. The predicted octanol–water partition coefficient (Wildman–Crippen LogP) is 1.33. The van der Waals surface area contributed by atoms with Gasteiger partial charge in [-0.25, -0.2) is 4.79 Å². The Kier molecular flexibility index (Phi) is 6.74. The summed E-state index contributed by atoms with van der Waals surface area (Å²) in [5.74, 6) is -2.96. The molecule has 0 radical (unpaired) electrons. The van der Waals surface area contributed by atoms with E-state index in [0.717, 1.165) is 0 Å². The molecule has 0 aliphatic heterocycles. The molecule has 0 saturated heterocycles. The van der Waals surface area contributed by atoms with E-state index < -0.39 is 29.8 Å². The Bertz CT molecular complexity index is 618. The van der Waals surface area contributed by atoms with Gasteiger partial charge in [0.1, 0.15) is 6.04 Å². The molecule has 0 aliphatic rings. The molecule has 122 valence electrons. The molecule has 1 rings (SSSR count). The molecule has 0 fully saturated rings. The van der Waals surface area contributed by atoms with Gasteiger partial charge in [-0.3, -0.25) is 9.59 Å². The first-order valence-electron chi connectivity index (χ1n) is 7.08. The minimum atomic E-state index is -1.23. The van der Waals surface area contributed by atoms with Gasteiger partial charge < -0.3 is 15.2 Å². The van der Waals surface area contributed by atoms with Crippen molar-refractivity contribution in [3.63, 3.8) is 0 Å². The van der Waals surface area contributed by atoms with Crippen LogP contribution in [0.4, 0.5) is 0 Å². The number of nitrogens with zero attached hydrogens (tertiary/aromatic N) is 1. The standard InChI is InChI=1S/C16H18N2O5/c1-3-23-13(19)8-10(2)14(16(21)22)18-15(20)12-6-4-11(9-17)5-7-12/h4-7,10,14H,3,8H2,1-2H3,(H,18,20)(H,21,22)/t10-,14+/m0/s1. The number of esters is 1. The summed E-state index contributed by atoms with van der Waals surface area (Å²) in [7, 11) is 0. The summed E-state index contributed by atoms with van der Waals surface area (Å²) >= 11 is 0. The average molecular weight is 318 g/mol. The zero-order valence-electron chi connectivity index (χ0n) is 12.9. The molecule has 7 heteroatoms. The van der Waals surface area contributed by atoms with Gasteiger partial charge in [0.2, 0.25) is 0 Å². The van der Waals surface area contributed by atoms with Crippen molar-refractivity contribution in [2.45, 2.75) is 26.3 Å². The molecule has 0 aromatic heterocycles. The van der Waals surface area contributed by atoms with Crippen LogP contribution in [0.2, 0.25) is 0 Å². The monoisotopic (exact) mass is 318 g/mol. The number of benzene rings is 1. The van der Waals surface area contributed by atoms with Crippen molar-refractivity contribution in [3.05, 3.63) is 35.4 Å². The number of hydrogen-bond acceptors (Lipinski definition) is 5. The molecule has 0 aliphatic carbocycles. The summed E-state index contributed by atoms with van der Waals surface area (Å²) in [4.78, 5) is 34.9. The van der Waals surface area contributed by atoms with Gasteiger partial charge in [-0.1, -0.05) is 6.92 Å². The molecule has 0 spiro atoms. The van der Waals surface area contributed by atoms with Crippen molar-refractivity contribution < 1.29 is 24.2 Å². The molecule has 0 bridgehead atoms. The highest BCUT2D eigenvalue weighted by molar-refractivity contribution is 5.96. The van der Waals surface area contributed by atoms with Crippen LogP contribution in [0.1, 0.15) is 36.2 Å².